The van der Waals surface area contributed by atoms with Gasteiger partial charge in [-0.15, -0.1) is 0 Å². The Hall–Kier alpha value is -1.26. The molecule has 100 valence electrons. The van der Waals surface area contributed by atoms with Gasteiger partial charge in [-0.2, -0.15) is 0 Å². The van der Waals surface area contributed by atoms with E-state index in [0.29, 0.717) is 25.0 Å². The van der Waals surface area contributed by atoms with Crippen molar-refractivity contribution in [1.29, 1.82) is 0 Å². The number of guanidine groups is 1. The third-order valence-electron chi connectivity index (χ3n) is 2.73. The number of amides is 1. The van der Waals surface area contributed by atoms with E-state index >= 15 is 0 Å². The summed E-state index contributed by atoms with van der Waals surface area (Å²) in [6, 6.07) is 0.317. The van der Waals surface area contributed by atoms with Gasteiger partial charge in [-0.25, -0.2) is 0 Å². The van der Waals surface area contributed by atoms with Gasteiger partial charge in [0.15, 0.2) is 5.96 Å². The summed E-state index contributed by atoms with van der Waals surface area (Å²) >= 11 is 0. The van der Waals surface area contributed by atoms with Gasteiger partial charge in [-0.1, -0.05) is 6.92 Å². The number of nitrogens with one attached hydrogen (secondary N) is 1. The number of nitrogens with two attached hydrogens (primary N) is 1. The van der Waals surface area contributed by atoms with Gasteiger partial charge in [0, 0.05) is 25.6 Å². The molecule has 0 saturated heterocycles. The van der Waals surface area contributed by atoms with Crippen LogP contribution in [0.4, 0.5) is 0 Å². The maximum Gasteiger partial charge on any atom is 0.224 e. The predicted octanol–water partition coefficient (Wildman–Crippen LogP) is 0.948. The molecule has 0 saturated carbocycles. The summed E-state index contributed by atoms with van der Waals surface area (Å²) in [5, 5.41) is 3.06. The van der Waals surface area contributed by atoms with Crippen LogP contribution in [0.3, 0.4) is 0 Å². The van der Waals surface area contributed by atoms with Crippen molar-refractivity contribution in [3.8, 4) is 0 Å². The van der Waals surface area contributed by atoms with E-state index in [2.05, 4.69) is 17.2 Å². The lowest BCUT2D eigenvalue weighted by atomic mass is 10.3. The molecule has 0 unspecified atom stereocenters. The Morgan fingerprint density at radius 3 is 2.41 bits per heavy atom. The monoisotopic (exact) mass is 242 g/mol. The van der Waals surface area contributed by atoms with E-state index in [1.165, 1.54) is 0 Å². The minimum atomic E-state index is 0.134. The van der Waals surface area contributed by atoms with E-state index in [1.54, 1.807) is 4.90 Å². The van der Waals surface area contributed by atoms with Crippen molar-refractivity contribution >= 4 is 11.9 Å². The summed E-state index contributed by atoms with van der Waals surface area (Å²) in [6.45, 7) is 10.0. The van der Waals surface area contributed by atoms with E-state index in [4.69, 9.17) is 5.73 Å². The van der Waals surface area contributed by atoms with E-state index in [-0.39, 0.29) is 5.91 Å². The lowest BCUT2D eigenvalue weighted by Crippen LogP contribution is -2.38. The number of carbonyl (C=O) groups excluding carboxylic acids is 1. The SMILES string of the molecule is CC[C@@H](C)NC(N)=NCCC(=O)N(CC)CC. The molecule has 0 radical (unpaired) electrons. The lowest BCUT2D eigenvalue weighted by molar-refractivity contribution is -0.130. The summed E-state index contributed by atoms with van der Waals surface area (Å²) in [5.74, 6) is 0.557. The number of rotatable bonds is 7. The van der Waals surface area contributed by atoms with Crippen LogP contribution in [0, 0.1) is 0 Å². The highest BCUT2D eigenvalue weighted by molar-refractivity contribution is 5.79. The molecule has 0 aromatic rings. The van der Waals surface area contributed by atoms with E-state index in [0.717, 1.165) is 19.5 Å². The first-order chi connectivity index (χ1) is 8.04. The Kier molecular flexibility index (Phi) is 8.19. The van der Waals surface area contributed by atoms with Gasteiger partial charge >= 0.3 is 0 Å². The number of hydrogen-bond acceptors (Lipinski definition) is 2. The zero-order chi connectivity index (χ0) is 13.3. The fourth-order valence-electron chi connectivity index (χ4n) is 1.41. The minimum Gasteiger partial charge on any atom is -0.370 e. The molecule has 1 atom stereocenters. The van der Waals surface area contributed by atoms with E-state index in [9.17, 15) is 4.79 Å². The first kappa shape index (κ1) is 15.7. The van der Waals surface area contributed by atoms with Crippen LogP contribution in [-0.2, 0) is 4.79 Å². The Morgan fingerprint density at radius 1 is 1.35 bits per heavy atom. The molecular formula is C12H26N4O. The highest BCUT2D eigenvalue weighted by Crippen LogP contribution is 1.94. The lowest BCUT2D eigenvalue weighted by Gasteiger charge is -2.18. The minimum absolute atomic E-state index is 0.134. The average molecular weight is 242 g/mol. The van der Waals surface area contributed by atoms with E-state index < -0.39 is 0 Å². The molecule has 0 aliphatic rings. The molecule has 0 fully saturated rings. The van der Waals surface area contributed by atoms with Crippen molar-refractivity contribution in [2.24, 2.45) is 10.7 Å². The van der Waals surface area contributed by atoms with Gasteiger partial charge in [0.25, 0.3) is 0 Å². The van der Waals surface area contributed by atoms with E-state index in [1.807, 2.05) is 20.8 Å². The molecule has 0 aromatic carbocycles. The fraction of sp³-hybridized carbons (Fsp3) is 0.833. The highest BCUT2D eigenvalue weighted by Gasteiger charge is 2.08. The van der Waals surface area contributed by atoms with Gasteiger partial charge in [0.1, 0.15) is 0 Å². The Labute approximate surface area is 104 Å². The molecule has 3 N–H and O–H groups in total. The molecule has 0 bridgehead atoms. The third-order valence-corrected chi connectivity index (χ3v) is 2.73. The molecule has 0 heterocycles. The normalized spacial score (nSPS) is 13.3. The van der Waals surface area contributed by atoms with Gasteiger partial charge in [0.05, 0.1) is 6.54 Å². The first-order valence-corrected chi connectivity index (χ1v) is 6.39. The average Bonchev–Trinajstić information content (AvgIpc) is 2.30. The van der Waals surface area contributed by atoms with Gasteiger partial charge in [-0.05, 0) is 27.2 Å². The second kappa shape index (κ2) is 8.84. The van der Waals surface area contributed by atoms with Gasteiger partial charge < -0.3 is 16.0 Å². The summed E-state index contributed by atoms with van der Waals surface area (Å²) in [7, 11) is 0. The molecule has 5 heteroatoms. The first-order valence-electron chi connectivity index (χ1n) is 6.39. The Bertz CT molecular complexity index is 249. The largest absolute Gasteiger partial charge is 0.370 e. The molecule has 0 spiro atoms. The zero-order valence-corrected chi connectivity index (χ0v) is 11.5. The smallest absolute Gasteiger partial charge is 0.224 e. The second-order valence-corrected chi connectivity index (χ2v) is 4.04. The summed E-state index contributed by atoms with van der Waals surface area (Å²) < 4.78 is 0. The van der Waals surface area contributed by atoms with Crippen LogP contribution < -0.4 is 11.1 Å². The van der Waals surface area contributed by atoms with Gasteiger partial charge in [-0.3, -0.25) is 9.79 Å². The van der Waals surface area contributed by atoms with Crippen molar-refractivity contribution in [3.05, 3.63) is 0 Å². The summed E-state index contributed by atoms with van der Waals surface area (Å²) in [6.07, 6.45) is 1.42. The molecule has 1 amide bonds. The summed E-state index contributed by atoms with van der Waals surface area (Å²) in [4.78, 5) is 17.6. The van der Waals surface area contributed by atoms with Crippen LogP contribution in [0.5, 0.6) is 0 Å². The molecule has 0 aliphatic carbocycles. The molecule has 0 aliphatic heterocycles. The maximum absolute atomic E-state index is 11.7. The van der Waals surface area contributed by atoms with Crippen LogP contribution >= 0.6 is 0 Å². The predicted molar refractivity (Wildman–Crippen MR) is 71.9 cm³/mol. The van der Waals surface area contributed by atoms with Crippen LogP contribution in [-0.4, -0.2) is 42.4 Å². The number of hydrogen-bond donors (Lipinski definition) is 2. The van der Waals surface area contributed by atoms with Crippen molar-refractivity contribution in [1.82, 2.24) is 10.2 Å². The Morgan fingerprint density at radius 2 is 1.94 bits per heavy atom. The van der Waals surface area contributed by atoms with Crippen molar-refractivity contribution in [3.63, 3.8) is 0 Å². The van der Waals surface area contributed by atoms with Crippen molar-refractivity contribution in [2.45, 2.75) is 46.6 Å². The third kappa shape index (κ3) is 6.81. The van der Waals surface area contributed by atoms with Crippen LogP contribution in [0.25, 0.3) is 0 Å². The number of nitrogens with zero attached hydrogens (tertiary/aromatic N) is 2. The van der Waals surface area contributed by atoms with Crippen molar-refractivity contribution in [2.75, 3.05) is 19.6 Å². The molecule has 0 rings (SSSR count). The molecule has 0 aromatic heterocycles. The number of carbonyl (C=O) groups is 1. The summed E-state index contributed by atoms with van der Waals surface area (Å²) in [5.41, 5.74) is 5.69. The second-order valence-electron chi connectivity index (χ2n) is 4.04. The number of aliphatic imine (C=N–C) groups is 1. The fourth-order valence-corrected chi connectivity index (χ4v) is 1.41. The van der Waals surface area contributed by atoms with Crippen molar-refractivity contribution < 1.29 is 4.79 Å². The molecular weight excluding hydrogens is 216 g/mol. The quantitative estimate of drug-likeness (QED) is 0.516. The molecule has 17 heavy (non-hydrogen) atoms. The highest BCUT2D eigenvalue weighted by atomic mass is 16.2. The maximum atomic E-state index is 11.7. The molecule has 5 nitrogen and oxygen atoms in total. The topological polar surface area (TPSA) is 70.7 Å². The van der Waals surface area contributed by atoms with Gasteiger partial charge in [0.2, 0.25) is 5.91 Å². The van der Waals surface area contributed by atoms with Crippen LogP contribution in [0.2, 0.25) is 0 Å². The Balaban J connectivity index is 3.96. The van der Waals surface area contributed by atoms with Crippen LogP contribution in [0.15, 0.2) is 4.99 Å². The standard InChI is InChI=1S/C12H26N4O/c1-5-10(4)15-12(13)14-9-8-11(17)16(6-2)7-3/h10H,5-9H2,1-4H3,(H3,13,14,15)/t10-/m1/s1. The van der Waals surface area contributed by atoms with Crippen LogP contribution in [0.1, 0.15) is 40.5 Å². The zero-order valence-electron chi connectivity index (χ0n) is 11.5.